The summed E-state index contributed by atoms with van der Waals surface area (Å²) in [7, 11) is 0. The van der Waals surface area contributed by atoms with Gasteiger partial charge in [-0.05, 0) is 43.0 Å². The third-order valence-electron chi connectivity index (χ3n) is 5.17. The van der Waals surface area contributed by atoms with Crippen molar-refractivity contribution < 1.29 is 29.6 Å². The summed E-state index contributed by atoms with van der Waals surface area (Å²) in [5.41, 5.74) is 0.898. The first-order chi connectivity index (χ1) is 15.6. The van der Waals surface area contributed by atoms with Gasteiger partial charge in [0.1, 0.15) is 23.7 Å². The van der Waals surface area contributed by atoms with Crippen LogP contribution in [0.25, 0.3) is 11.1 Å². The quantitative estimate of drug-likeness (QED) is 0.395. The number of hydrogen-bond acceptors (Lipinski definition) is 5. The first-order valence-electron chi connectivity index (χ1n) is 10.7. The van der Waals surface area contributed by atoms with Crippen LogP contribution in [0.5, 0.6) is 0 Å². The van der Waals surface area contributed by atoms with Gasteiger partial charge in [0.25, 0.3) is 0 Å². The summed E-state index contributed by atoms with van der Waals surface area (Å²) in [5.74, 6) is -1.78. The summed E-state index contributed by atoms with van der Waals surface area (Å²) in [5, 5.41) is 29.8. The summed E-state index contributed by atoms with van der Waals surface area (Å²) in [6, 6.07) is 14.0. The van der Waals surface area contributed by atoms with E-state index in [0.29, 0.717) is 18.0 Å². The molecule has 0 aliphatic heterocycles. The number of imidazole rings is 1. The highest BCUT2D eigenvalue weighted by molar-refractivity contribution is 5.96. The van der Waals surface area contributed by atoms with Crippen molar-refractivity contribution in [3.8, 4) is 11.1 Å². The van der Waals surface area contributed by atoms with E-state index in [4.69, 9.17) is 4.74 Å². The number of carboxylic acid groups (broad SMARTS) is 2. The highest BCUT2D eigenvalue weighted by Crippen LogP contribution is 2.27. The number of rotatable bonds is 10. The zero-order chi connectivity index (χ0) is 24.2. The Morgan fingerprint density at radius 2 is 1.70 bits per heavy atom. The van der Waals surface area contributed by atoms with Crippen LogP contribution in [0, 0.1) is 0 Å². The van der Waals surface area contributed by atoms with Gasteiger partial charge < -0.3 is 24.6 Å². The molecule has 0 atom stereocenters. The van der Waals surface area contributed by atoms with Gasteiger partial charge in [0.05, 0.1) is 5.56 Å². The molecular weight excluding hydrogens is 424 g/mol. The first-order valence-corrected chi connectivity index (χ1v) is 10.7. The van der Waals surface area contributed by atoms with Crippen LogP contribution in [-0.4, -0.2) is 43.4 Å². The molecule has 174 valence electrons. The second-order valence-corrected chi connectivity index (χ2v) is 8.28. The minimum absolute atomic E-state index is 0.0807. The topological polar surface area (TPSA) is 122 Å². The molecule has 1 heterocycles. The molecular formula is C25H28N2O6. The van der Waals surface area contributed by atoms with Crippen molar-refractivity contribution in [3.63, 3.8) is 0 Å². The van der Waals surface area contributed by atoms with Gasteiger partial charge in [0.15, 0.2) is 5.69 Å². The predicted octanol–water partition coefficient (Wildman–Crippen LogP) is 4.15. The molecule has 8 heteroatoms. The van der Waals surface area contributed by atoms with Crippen molar-refractivity contribution >= 4 is 11.9 Å². The lowest BCUT2D eigenvalue weighted by atomic mass is 9.98. The molecule has 2 aromatic carbocycles. The normalized spacial score (nSPS) is 11.5. The van der Waals surface area contributed by atoms with Crippen LogP contribution >= 0.6 is 0 Å². The molecule has 1 aromatic heterocycles. The van der Waals surface area contributed by atoms with Crippen molar-refractivity contribution in [1.29, 1.82) is 0 Å². The van der Waals surface area contributed by atoms with E-state index < -0.39 is 17.5 Å². The molecule has 0 radical (unpaired) electrons. The number of benzene rings is 2. The number of aromatic carboxylic acids is 2. The SMILES string of the molecule is CCCOCc1nc(C(C)(C)O)c(C(=O)O)n1Cc1ccc(-c2ccccc2C(=O)O)cc1. The Balaban J connectivity index is 1.99. The largest absolute Gasteiger partial charge is 0.478 e. The van der Waals surface area contributed by atoms with Crippen molar-refractivity contribution in [3.05, 3.63) is 76.9 Å². The van der Waals surface area contributed by atoms with Crippen molar-refractivity contribution in [2.24, 2.45) is 0 Å². The van der Waals surface area contributed by atoms with Crippen molar-refractivity contribution in [2.45, 2.75) is 45.9 Å². The fraction of sp³-hybridized carbons (Fsp3) is 0.320. The van der Waals surface area contributed by atoms with Gasteiger partial charge in [0.2, 0.25) is 0 Å². The molecule has 8 nitrogen and oxygen atoms in total. The number of hydrogen-bond donors (Lipinski definition) is 3. The molecule has 0 fully saturated rings. The Morgan fingerprint density at radius 3 is 2.27 bits per heavy atom. The van der Waals surface area contributed by atoms with E-state index >= 15 is 0 Å². The van der Waals surface area contributed by atoms with Crippen LogP contribution in [0.1, 0.15) is 65.1 Å². The van der Waals surface area contributed by atoms with Gasteiger partial charge in [0, 0.05) is 13.2 Å². The third kappa shape index (κ3) is 5.47. The van der Waals surface area contributed by atoms with Crippen molar-refractivity contribution in [1.82, 2.24) is 9.55 Å². The van der Waals surface area contributed by atoms with Crippen LogP contribution < -0.4 is 0 Å². The minimum atomic E-state index is -1.44. The van der Waals surface area contributed by atoms with Gasteiger partial charge in [-0.2, -0.15) is 0 Å². The Bertz CT molecular complexity index is 1140. The molecule has 3 rings (SSSR count). The maximum absolute atomic E-state index is 12.1. The van der Waals surface area contributed by atoms with Crippen LogP contribution in [0.2, 0.25) is 0 Å². The Morgan fingerprint density at radius 1 is 1.03 bits per heavy atom. The molecule has 0 unspecified atom stereocenters. The van der Waals surface area contributed by atoms with Crippen LogP contribution in [0.15, 0.2) is 48.5 Å². The van der Waals surface area contributed by atoms with Gasteiger partial charge in [-0.25, -0.2) is 14.6 Å². The first kappa shape index (κ1) is 24.2. The molecule has 3 aromatic rings. The van der Waals surface area contributed by atoms with E-state index in [-0.39, 0.29) is 30.1 Å². The number of ether oxygens (including phenoxy) is 1. The van der Waals surface area contributed by atoms with E-state index in [1.807, 2.05) is 19.1 Å². The van der Waals surface area contributed by atoms with E-state index in [1.54, 1.807) is 41.0 Å². The summed E-state index contributed by atoms with van der Waals surface area (Å²) >= 11 is 0. The lowest BCUT2D eigenvalue weighted by Crippen LogP contribution is -2.22. The Labute approximate surface area is 192 Å². The monoisotopic (exact) mass is 452 g/mol. The summed E-state index contributed by atoms with van der Waals surface area (Å²) in [4.78, 5) is 28.0. The van der Waals surface area contributed by atoms with Crippen molar-refractivity contribution in [2.75, 3.05) is 6.61 Å². The van der Waals surface area contributed by atoms with Crippen LogP contribution in [-0.2, 0) is 23.5 Å². The highest BCUT2D eigenvalue weighted by atomic mass is 16.5. The fourth-order valence-corrected chi connectivity index (χ4v) is 3.62. The summed E-state index contributed by atoms with van der Waals surface area (Å²) in [6.45, 7) is 5.80. The van der Waals surface area contributed by atoms with E-state index in [1.165, 1.54) is 13.8 Å². The average molecular weight is 453 g/mol. The Kier molecular flexibility index (Phi) is 7.30. The van der Waals surface area contributed by atoms with Gasteiger partial charge in [-0.15, -0.1) is 0 Å². The lowest BCUT2D eigenvalue weighted by Gasteiger charge is -2.16. The molecule has 0 spiro atoms. The lowest BCUT2D eigenvalue weighted by molar-refractivity contribution is 0.0602. The molecule has 0 amide bonds. The molecule has 3 N–H and O–H groups in total. The zero-order valence-corrected chi connectivity index (χ0v) is 18.9. The second-order valence-electron chi connectivity index (χ2n) is 8.28. The maximum atomic E-state index is 12.1. The molecule has 0 aliphatic rings. The summed E-state index contributed by atoms with van der Waals surface area (Å²) in [6.07, 6.45) is 0.810. The third-order valence-corrected chi connectivity index (χ3v) is 5.17. The maximum Gasteiger partial charge on any atom is 0.354 e. The fourth-order valence-electron chi connectivity index (χ4n) is 3.62. The van der Waals surface area contributed by atoms with Gasteiger partial charge in [-0.1, -0.05) is 49.4 Å². The van der Waals surface area contributed by atoms with Crippen LogP contribution in [0.4, 0.5) is 0 Å². The highest BCUT2D eigenvalue weighted by Gasteiger charge is 2.31. The van der Waals surface area contributed by atoms with E-state index in [2.05, 4.69) is 4.98 Å². The standard InChI is InChI=1S/C25H28N2O6/c1-4-13-33-15-20-26-22(25(2,3)32)21(24(30)31)27(20)14-16-9-11-17(12-10-16)18-7-5-6-8-19(18)23(28)29/h5-12,32H,4,13-15H2,1-3H3,(H,28,29)(H,30,31). The number of carboxylic acids is 2. The van der Waals surface area contributed by atoms with E-state index in [0.717, 1.165) is 17.5 Å². The number of nitrogens with zero attached hydrogens (tertiary/aromatic N) is 2. The summed E-state index contributed by atoms with van der Waals surface area (Å²) < 4.78 is 7.15. The molecule has 33 heavy (non-hydrogen) atoms. The predicted molar refractivity (Wildman–Crippen MR) is 122 cm³/mol. The smallest absolute Gasteiger partial charge is 0.354 e. The zero-order valence-electron chi connectivity index (χ0n) is 18.9. The molecule has 0 aliphatic carbocycles. The van der Waals surface area contributed by atoms with E-state index in [9.17, 15) is 24.9 Å². The molecule has 0 saturated carbocycles. The van der Waals surface area contributed by atoms with Gasteiger partial charge >= 0.3 is 11.9 Å². The van der Waals surface area contributed by atoms with Gasteiger partial charge in [-0.3, -0.25) is 0 Å². The number of aromatic nitrogens is 2. The minimum Gasteiger partial charge on any atom is -0.478 e. The molecule has 0 bridgehead atoms. The second kappa shape index (κ2) is 9.97. The van der Waals surface area contributed by atoms with Crippen LogP contribution in [0.3, 0.4) is 0 Å². The average Bonchev–Trinajstić information content (AvgIpc) is 3.13. The Hall–Kier alpha value is -3.49. The number of carbonyl (C=O) groups is 2. The number of aliphatic hydroxyl groups is 1. The molecule has 0 saturated heterocycles.